The van der Waals surface area contributed by atoms with Crippen molar-refractivity contribution in [3.63, 3.8) is 0 Å². The van der Waals surface area contributed by atoms with Crippen LogP contribution in [0.25, 0.3) is 0 Å². The maximum Gasteiger partial charge on any atom is 0.367 e. The van der Waals surface area contributed by atoms with Crippen LogP contribution in [0.4, 0.5) is 0 Å². The van der Waals surface area contributed by atoms with E-state index in [9.17, 15) is 4.79 Å². The van der Waals surface area contributed by atoms with Crippen molar-refractivity contribution in [3.05, 3.63) is 65.7 Å². The van der Waals surface area contributed by atoms with Gasteiger partial charge in [0.15, 0.2) is 6.04 Å². The third kappa shape index (κ3) is 9.59. The quantitative estimate of drug-likeness (QED) is 0.120. The molecule has 0 fully saturated rings. The maximum atomic E-state index is 12.9. The first-order chi connectivity index (χ1) is 16.0. The fourth-order valence-electron chi connectivity index (χ4n) is 4.48. The molecule has 0 amide bonds. The molecule has 182 valence electrons. The normalized spacial score (nSPS) is 12.4. The summed E-state index contributed by atoms with van der Waals surface area (Å²) in [5.41, 5.74) is 2.40. The van der Waals surface area contributed by atoms with Gasteiger partial charge in [0.1, 0.15) is 12.3 Å². The molecular formula is C29H44NO3+. The summed E-state index contributed by atoms with van der Waals surface area (Å²) in [5.74, 6) is 0.616. The highest BCUT2D eigenvalue weighted by molar-refractivity contribution is 5.74. The third-order valence-electron chi connectivity index (χ3n) is 6.37. The fraction of sp³-hybridized carbons (Fsp3) is 0.552. The van der Waals surface area contributed by atoms with E-state index < -0.39 is 0 Å². The summed E-state index contributed by atoms with van der Waals surface area (Å²) >= 11 is 0. The molecule has 0 aliphatic heterocycles. The minimum Gasteiger partial charge on any atom is -0.457 e. The minimum atomic E-state index is -0.239. The summed E-state index contributed by atoms with van der Waals surface area (Å²) in [7, 11) is 4.17. The average Bonchev–Trinajstić information content (AvgIpc) is 2.80. The number of likely N-dealkylation sites (N-methyl/N-ethyl adjacent to an activating group) is 1. The molecule has 4 nitrogen and oxygen atoms in total. The maximum absolute atomic E-state index is 12.9. The van der Waals surface area contributed by atoms with Crippen molar-refractivity contribution in [2.45, 2.75) is 84.2 Å². The Kier molecular flexibility index (Phi) is 12.0. The number of ether oxygens (including phenoxy) is 2. The minimum absolute atomic E-state index is 0.0469. The van der Waals surface area contributed by atoms with Crippen molar-refractivity contribution in [1.29, 1.82) is 0 Å². The fourth-order valence-corrected chi connectivity index (χ4v) is 4.48. The lowest BCUT2D eigenvalue weighted by Gasteiger charge is -2.36. The van der Waals surface area contributed by atoms with Gasteiger partial charge in [-0.3, -0.25) is 0 Å². The molecule has 0 aliphatic carbocycles. The third-order valence-corrected chi connectivity index (χ3v) is 6.37. The summed E-state index contributed by atoms with van der Waals surface area (Å²) < 4.78 is 12.0. The van der Waals surface area contributed by atoms with E-state index in [0.717, 1.165) is 25.1 Å². The predicted octanol–water partition coefficient (Wildman–Crippen LogP) is 6.91. The molecule has 1 atom stereocenters. The van der Waals surface area contributed by atoms with Gasteiger partial charge in [-0.15, -0.1) is 0 Å². The molecule has 0 N–H and O–H groups in total. The van der Waals surface area contributed by atoms with Crippen LogP contribution in [-0.2, 0) is 22.5 Å². The van der Waals surface area contributed by atoms with Crippen LogP contribution in [0.5, 0.6) is 5.75 Å². The van der Waals surface area contributed by atoms with Crippen molar-refractivity contribution in [2.24, 2.45) is 0 Å². The first-order valence-corrected chi connectivity index (χ1v) is 12.7. The first kappa shape index (κ1) is 26.9. The Balaban J connectivity index is 1.81. The first-order valence-electron chi connectivity index (χ1n) is 12.7. The molecule has 1 unspecified atom stereocenters. The lowest BCUT2D eigenvalue weighted by Crippen LogP contribution is -2.52. The number of carbonyl (C=O) groups excluding carboxylic acids is 1. The second-order valence-corrected chi connectivity index (χ2v) is 9.55. The molecule has 2 aromatic rings. The number of rotatable bonds is 16. The molecule has 4 heteroatoms. The Bertz CT molecular complexity index is 804. The lowest BCUT2D eigenvalue weighted by molar-refractivity contribution is -0.919. The summed E-state index contributed by atoms with van der Waals surface area (Å²) in [6, 6.07) is 18.1. The number of esters is 1. The van der Waals surface area contributed by atoms with Crippen LogP contribution < -0.4 is 4.74 Å². The molecule has 0 saturated carbocycles. The number of hydrogen-bond donors (Lipinski definition) is 0. The van der Waals surface area contributed by atoms with E-state index >= 15 is 0 Å². The van der Waals surface area contributed by atoms with E-state index in [1.54, 1.807) is 0 Å². The van der Waals surface area contributed by atoms with E-state index in [-0.39, 0.29) is 18.8 Å². The summed E-state index contributed by atoms with van der Waals surface area (Å²) in [5, 5.41) is 0. The smallest absolute Gasteiger partial charge is 0.367 e. The van der Waals surface area contributed by atoms with Gasteiger partial charge < -0.3 is 14.0 Å². The average molecular weight is 455 g/mol. The number of para-hydroxylation sites is 1. The number of quaternary nitrogens is 1. The number of aryl methyl sites for hydroxylation is 1. The Morgan fingerprint density at radius 2 is 1.48 bits per heavy atom. The van der Waals surface area contributed by atoms with Gasteiger partial charge in [-0.2, -0.15) is 0 Å². The Morgan fingerprint density at radius 3 is 2.18 bits per heavy atom. The second kappa shape index (κ2) is 14.7. The van der Waals surface area contributed by atoms with E-state index in [2.05, 4.69) is 39.2 Å². The van der Waals surface area contributed by atoms with Crippen molar-refractivity contribution in [1.82, 2.24) is 0 Å². The van der Waals surface area contributed by atoms with Crippen LogP contribution in [0, 0.1) is 0 Å². The molecule has 2 aromatic carbocycles. The highest BCUT2D eigenvalue weighted by Gasteiger charge is 2.35. The molecule has 2 rings (SSSR count). The summed E-state index contributed by atoms with van der Waals surface area (Å²) in [6.45, 7) is 5.02. The SMILES string of the molecule is CCCCCCCCCc1ccccc1OCOC(=O)C(CC)[N+](C)(C)Cc1ccccc1. The number of nitrogens with zero attached hydrogens (tertiary/aromatic N) is 1. The zero-order valence-electron chi connectivity index (χ0n) is 21.2. The van der Waals surface area contributed by atoms with Gasteiger partial charge in [-0.1, -0.05) is 101 Å². The van der Waals surface area contributed by atoms with Crippen LogP contribution in [-0.4, -0.2) is 37.4 Å². The zero-order valence-corrected chi connectivity index (χ0v) is 21.2. The van der Waals surface area contributed by atoms with E-state index in [0.29, 0.717) is 10.9 Å². The summed E-state index contributed by atoms with van der Waals surface area (Å²) in [4.78, 5) is 12.9. The van der Waals surface area contributed by atoms with E-state index in [4.69, 9.17) is 9.47 Å². The molecular weight excluding hydrogens is 410 g/mol. The van der Waals surface area contributed by atoms with Crippen molar-refractivity contribution in [2.75, 3.05) is 20.9 Å². The molecule has 0 saturated heterocycles. The Hall–Kier alpha value is -2.33. The van der Waals surface area contributed by atoms with Gasteiger partial charge in [0.25, 0.3) is 0 Å². The number of unbranched alkanes of at least 4 members (excludes halogenated alkanes) is 6. The molecule has 0 spiro atoms. The van der Waals surface area contributed by atoms with Crippen molar-refractivity contribution in [3.8, 4) is 5.75 Å². The highest BCUT2D eigenvalue weighted by atomic mass is 16.7. The van der Waals surface area contributed by atoms with Crippen LogP contribution >= 0.6 is 0 Å². The van der Waals surface area contributed by atoms with Gasteiger partial charge in [0, 0.05) is 12.0 Å². The standard InChI is InChI=1S/C29H44NO3/c1-5-7-8-9-10-11-15-20-26-21-16-17-22-28(26)32-24-33-29(31)27(6-2)30(3,4)23-25-18-13-12-14-19-25/h12-14,16-19,21-22,27H,5-11,15,20,23-24H2,1-4H3/q+1. The van der Waals surface area contributed by atoms with Gasteiger partial charge in [0.05, 0.1) is 14.1 Å². The molecule has 0 heterocycles. The molecule has 33 heavy (non-hydrogen) atoms. The van der Waals surface area contributed by atoms with Gasteiger partial charge in [-0.05, 0) is 24.5 Å². The largest absolute Gasteiger partial charge is 0.457 e. The Morgan fingerprint density at radius 1 is 0.848 bits per heavy atom. The Labute approximate surface area is 201 Å². The van der Waals surface area contributed by atoms with Crippen LogP contribution in [0.3, 0.4) is 0 Å². The highest BCUT2D eigenvalue weighted by Crippen LogP contribution is 2.22. The number of carbonyl (C=O) groups is 1. The van der Waals surface area contributed by atoms with Gasteiger partial charge >= 0.3 is 5.97 Å². The molecule has 0 aliphatic rings. The monoisotopic (exact) mass is 454 g/mol. The van der Waals surface area contributed by atoms with Gasteiger partial charge in [0.2, 0.25) is 6.79 Å². The number of benzene rings is 2. The van der Waals surface area contributed by atoms with E-state index in [1.165, 1.54) is 49.7 Å². The molecule has 0 radical (unpaired) electrons. The topological polar surface area (TPSA) is 35.5 Å². The molecule has 0 bridgehead atoms. The predicted molar refractivity (Wildman–Crippen MR) is 136 cm³/mol. The van der Waals surface area contributed by atoms with E-state index in [1.807, 2.05) is 43.3 Å². The van der Waals surface area contributed by atoms with Crippen LogP contribution in [0.2, 0.25) is 0 Å². The van der Waals surface area contributed by atoms with Crippen molar-refractivity contribution < 1.29 is 18.8 Å². The van der Waals surface area contributed by atoms with Gasteiger partial charge in [-0.25, -0.2) is 4.79 Å². The molecule has 0 aromatic heterocycles. The van der Waals surface area contributed by atoms with Crippen LogP contribution in [0.15, 0.2) is 54.6 Å². The lowest BCUT2D eigenvalue weighted by atomic mass is 10.0. The van der Waals surface area contributed by atoms with Crippen molar-refractivity contribution >= 4 is 5.97 Å². The zero-order chi connectivity index (χ0) is 23.9. The number of hydrogen-bond acceptors (Lipinski definition) is 3. The second-order valence-electron chi connectivity index (χ2n) is 9.55. The van der Waals surface area contributed by atoms with Crippen LogP contribution in [0.1, 0.15) is 76.3 Å². The summed E-state index contributed by atoms with van der Waals surface area (Å²) in [6.07, 6.45) is 10.7.